The molecule has 3 N–H and O–H groups in total. The predicted octanol–water partition coefficient (Wildman–Crippen LogP) is 5.74. The zero-order valence-corrected chi connectivity index (χ0v) is 25.1. The van der Waals surface area contributed by atoms with Crippen LogP contribution in [0.3, 0.4) is 0 Å². The van der Waals surface area contributed by atoms with Crippen molar-refractivity contribution in [1.82, 2.24) is 19.9 Å². The summed E-state index contributed by atoms with van der Waals surface area (Å²) in [7, 11) is 2.05. The number of likely N-dealkylation sites (N-methyl/N-ethyl adjacent to an activating group) is 1. The van der Waals surface area contributed by atoms with Gasteiger partial charge in [-0.2, -0.15) is 0 Å². The molecule has 0 radical (unpaired) electrons. The van der Waals surface area contributed by atoms with E-state index in [-0.39, 0.29) is 25.2 Å². The molecule has 1 fully saturated rings. The summed E-state index contributed by atoms with van der Waals surface area (Å²) in [5, 5.41) is 17.6. The van der Waals surface area contributed by atoms with Gasteiger partial charge in [-0.3, -0.25) is 14.7 Å². The SMILES string of the molecule is CN1CCCC1/C=C/C(=O)Nc1ccc2ncnc(Nc3ccc(OCc4ccccn4)c(Cl)c3)c2c1OCC(C)(C)O. The number of fused-ring (bicyclic) bond motifs is 1. The van der Waals surface area contributed by atoms with Crippen LogP contribution in [-0.2, 0) is 11.4 Å². The fourth-order valence-corrected chi connectivity index (χ4v) is 4.97. The summed E-state index contributed by atoms with van der Waals surface area (Å²) in [6, 6.07) is 14.7. The molecule has 0 spiro atoms. The first-order valence-corrected chi connectivity index (χ1v) is 14.5. The van der Waals surface area contributed by atoms with Crippen molar-refractivity contribution >= 4 is 45.6 Å². The Hall–Kier alpha value is -4.25. The number of likely N-dealkylation sites (tertiary alicyclic amines) is 1. The molecule has 1 aliphatic rings. The molecule has 224 valence electrons. The number of hydrogen-bond donors (Lipinski definition) is 3. The summed E-state index contributed by atoms with van der Waals surface area (Å²) in [6.07, 6.45) is 8.75. The van der Waals surface area contributed by atoms with Gasteiger partial charge in [-0.15, -0.1) is 0 Å². The highest BCUT2D eigenvalue weighted by Gasteiger charge is 2.22. The van der Waals surface area contributed by atoms with E-state index in [1.165, 1.54) is 6.33 Å². The van der Waals surface area contributed by atoms with E-state index >= 15 is 0 Å². The Morgan fingerprint density at radius 3 is 2.74 bits per heavy atom. The van der Waals surface area contributed by atoms with Gasteiger partial charge < -0.3 is 25.2 Å². The van der Waals surface area contributed by atoms with Gasteiger partial charge in [0.25, 0.3) is 0 Å². The number of aromatic nitrogens is 3. The topological polar surface area (TPSA) is 122 Å². The minimum absolute atomic E-state index is 0.0276. The second kappa shape index (κ2) is 13.4. The second-order valence-corrected chi connectivity index (χ2v) is 11.5. The molecule has 0 saturated carbocycles. The van der Waals surface area contributed by atoms with Crippen LogP contribution in [0.4, 0.5) is 17.2 Å². The summed E-state index contributed by atoms with van der Waals surface area (Å²) in [4.78, 5) is 28.3. The van der Waals surface area contributed by atoms with Crippen LogP contribution < -0.4 is 20.1 Å². The van der Waals surface area contributed by atoms with Gasteiger partial charge in [-0.1, -0.05) is 23.7 Å². The van der Waals surface area contributed by atoms with Gasteiger partial charge in [-0.05, 0) is 82.7 Å². The van der Waals surface area contributed by atoms with Crippen molar-refractivity contribution < 1.29 is 19.4 Å². The summed E-state index contributed by atoms with van der Waals surface area (Å²) in [5.74, 6) is 1.01. The smallest absolute Gasteiger partial charge is 0.248 e. The van der Waals surface area contributed by atoms with Crippen molar-refractivity contribution in [3.8, 4) is 11.5 Å². The zero-order chi connectivity index (χ0) is 30.4. The Kier molecular flexibility index (Phi) is 9.40. The Bertz CT molecular complexity index is 1610. The van der Waals surface area contributed by atoms with E-state index in [9.17, 15) is 9.90 Å². The number of anilines is 3. The predicted molar refractivity (Wildman–Crippen MR) is 168 cm³/mol. The number of nitrogens with one attached hydrogen (secondary N) is 2. The third-order valence-corrected chi connectivity index (χ3v) is 7.22. The van der Waals surface area contributed by atoms with E-state index in [4.69, 9.17) is 21.1 Å². The van der Waals surface area contributed by atoms with Crippen LogP contribution in [0.5, 0.6) is 11.5 Å². The minimum Gasteiger partial charge on any atom is -0.488 e. The number of nitrogens with zero attached hydrogens (tertiary/aromatic N) is 4. The Morgan fingerprint density at radius 1 is 1.16 bits per heavy atom. The number of pyridine rings is 1. The Labute approximate surface area is 255 Å². The van der Waals surface area contributed by atoms with E-state index < -0.39 is 5.60 Å². The molecule has 0 aliphatic carbocycles. The molecular formula is C32H35ClN6O4. The summed E-state index contributed by atoms with van der Waals surface area (Å²) < 4.78 is 12.0. The molecule has 1 atom stereocenters. The molecule has 1 amide bonds. The molecule has 43 heavy (non-hydrogen) atoms. The first-order valence-electron chi connectivity index (χ1n) is 14.1. The van der Waals surface area contributed by atoms with Gasteiger partial charge in [0.2, 0.25) is 5.91 Å². The maximum Gasteiger partial charge on any atom is 0.248 e. The lowest BCUT2D eigenvalue weighted by Crippen LogP contribution is -2.28. The van der Waals surface area contributed by atoms with Crippen LogP contribution in [0, 0.1) is 0 Å². The molecule has 4 aromatic rings. The molecule has 0 bridgehead atoms. The highest BCUT2D eigenvalue weighted by Crippen LogP contribution is 2.39. The lowest BCUT2D eigenvalue weighted by atomic mass is 10.1. The molecule has 10 nitrogen and oxygen atoms in total. The van der Waals surface area contributed by atoms with Crippen LogP contribution in [-0.4, -0.2) is 62.7 Å². The summed E-state index contributed by atoms with van der Waals surface area (Å²) >= 11 is 6.55. The van der Waals surface area contributed by atoms with Crippen LogP contribution in [0.1, 0.15) is 32.4 Å². The van der Waals surface area contributed by atoms with Crippen LogP contribution in [0.25, 0.3) is 10.9 Å². The van der Waals surface area contributed by atoms with E-state index in [1.54, 1.807) is 50.4 Å². The molecule has 11 heteroatoms. The van der Waals surface area contributed by atoms with E-state index in [1.807, 2.05) is 30.3 Å². The number of carbonyl (C=O) groups excluding carboxylic acids is 1. The monoisotopic (exact) mass is 602 g/mol. The number of hydrogen-bond acceptors (Lipinski definition) is 9. The van der Waals surface area contributed by atoms with Crippen molar-refractivity contribution in [1.29, 1.82) is 0 Å². The molecule has 1 unspecified atom stereocenters. The molecule has 3 heterocycles. The maximum absolute atomic E-state index is 13.0. The zero-order valence-electron chi connectivity index (χ0n) is 24.4. The molecule has 5 rings (SSSR count). The molecule has 2 aromatic heterocycles. The first-order chi connectivity index (χ1) is 20.7. The van der Waals surface area contributed by atoms with Gasteiger partial charge in [0.1, 0.15) is 31.1 Å². The van der Waals surface area contributed by atoms with Crippen LogP contribution in [0.2, 0.25) is 5.02 Å². The summed E-state index contributed by atoms with van der Waals surface area (Å²) in [6.45, 7) is 4.56. The highest BCUT2D eigenvalue weighted by molar-refractivity contribution is 6.32. The number of benzene rings is 2. The number of carbonyl (C=O) groups is 1. The Morgan fingerprint density at radius 2 is 2.02 bits per heavy atom. The molecule has 1 saturated heterocycles. The maximum atomic E-state index is 13.0. The molecule has 2 aromatic carbocycles. The van der Waals surface area contributed by atoms with Crippen LogP contribution in [0.15, 0.2) is 73.2 Å². The van der Waals surface area contributed by atoms with Crippen molar-refractivity contribution in [2.75, 3.05) is 30.8 Å². The van der Waals surface area contributed by atoms with Gasteiger partial charge >= 0.3 is 0 Å². The second-order valence-electron chi connectivity index (χ2n) is 11.1. The number of amides is 1. The quantitative estimate of drug-likeness (QED) is 0.184. The van der Waals surface area contributed by atoms with Crippen molar-refractivity contribution in [3.63, 3.8) is 0 Å². The van der Waals surface area contributed by atoms with E-state index in [0.717, 1.165) is 25.1 Å². The van der Waals surface area contributed by atoms with Crippen molar-refractivity contribution in [3.05, 3.63) is 83.9 Å². The average Bonchev–Trinajstić information content (AvgIpc) is 3.39. The van der Waals surface area contributed by atoms with Gasteiger partial charge in [-0.25, -0.2) is 9.97 Å². The van der Waals surface area contributed by atoms with E-state index in [2.05, 4.69) is 37.5 Å². The number of rotatable bonds is 11. The van der Waals surface area contributed by atoms with Crippen LogP contribution >= 0.6 is 11.6 Å². The third kappa shape index (κ3) is 7.98. The third-order valence-electron chi connectivity index (χ3n) is 6.93. The van der Waals surface area contributed by atoms with Gasteiger partial charge in [0.15, 0.2) is 5.75 Å². The van der Waals surface area contributed by atoms with Gasteiger partial charge in [0, 0.05) is 24.0 Å². The number of aliphatic hydroxyl groups is 1. The Balaban J connectivity index is 1.42. The fourth-order valence-electron chi connectivity index (χ4n) is 4.73. The lowest BCUT2D eigenvalue weighted by Gasteiger charge is -2.21. The number of halogens is 1. The normalized spacial score (nSPS) is 15.6. The fraction of sp³-hybridized carbons (Fsp3) is 0.312. The van der Waals surface area contributed by atoms with Crippen molar-refractivity contribution in [2.45, 2.75) is 44.9 Å². The van der Waals surface area contributed by atoms with Gasteiger partial charge in [0.05, 0.1) is 32.9 Å². The molecule has 1 aliphatic heterocycles. The average molecular weight is 603 g/mol. The largest absolute Gasteiger partial charge is 0.488 e. The van der Waals surface area contributed by atoms with E-state index in [0.29, 0.717) is 44.6 Å². The standard InChI is InChI=1S/C32H35ClN6O4/c1-32(2,41)19-43-30-26(38-28(40)14-10-23-8-6-16-39(23)3)12-11-25-29(30)31(36-20-35-25)37-21-9-13-27(24(33)17-21)42-18-22-7-4-5-15-34-22/h4-5,7,9-15,17,20,23,41H,6,8,16,18-19H2,1-3H3,(H,38,40)(H,35,36,37)/b14-10+. The minimum atomic E-state index is -1.13. The van der Waals surface area contributed by atoms with Crippen molar-refractivity contribution in [2.24, 2.45) is 0 Å². The molecular weight excluding hydrogens is 568 g/mol. The summed E-state index contributed by atoms with van der Waals surface area (Å²) in [5.41, 5.74) is 1.34. The highest BCUT2D eigenvalue weighted by atomic mass is 35.5. The first kappa shape index (κ1) is 30.2. The lowest BCUT2D eigenvalue weighted by molar-refractivity contribution is -0.112. The number of ether oxygens (including phenoxy) is 2.